The Morgan fingerprint density at radius 1 is 1.25 bits per heavy atom. The average Bonchev–Trinajstić information content (AvgIpc) is 2.70. The lowest BCUT2D eigenvalue weighted by Crippen LogP contribution is -2.47. The first kappa shape index (κ1) is 20.2. The first-order valence-electron chi connectivity index (χ1n) is 9.80. The van der Waals surface area contributed by atoms with E-state index in [1.54, 1.807) is 0 Å². The number of hydrogen-bond acceptors (Lipinski definition) is 4. The highest BCUT2D eigenvalue weighted by Gasteiger charge is 2.21. The smallest absolute Gasteiger partial charge is 0.319 e. The molecule has 0 saturated carbocycles. The maximum absolute atomic E-state index is 12.3. The van der Waals surface area contributed by atoms with Crippen LogP contribution in [-0.2, 0) is 11.3 Å². The van der Waals surface area contributed by atoms with E-state index < -0.39 is 0 Å². The molecule has 28 heavy (non-hydrogen) atoms. The largest absolute Gasteiger partial charge is 0.492 e. The Balaban J connectivity index is 1.48. The van der Waals surface area contributed by atoms with Crippen LogP contribution in [0.4, 0.5) is 10.5 Å². The normalized spacial score (nSPS) is 17.1. The maximum atomic E-state index is 12.3. The average molecular weight is 383 g/mol. The SMILES string of the molecule is CCOc1cc(C)ccc1NC(=O)NCC1CN(Cc2ccccc2)CCO1. The second-order valence-electron chi connectivity index (χ2n) is 6.98. The Bertz CT molecular complexity index is 767. The Kier molecular flexibility index (Phi) is 7.28. The van der Waals surface area contributed by atoms with Gasteiger partial charge in [0.1, 0.15) is 5.75 Å². The molecule has 6 heteroatoms. The Hall–Kier alpha value is -2.57. The van der Waals surface area contributed by atoms with Crippen molar-refractivity contribution in [1.82, 2.24) is 10.2 Å². The summed E-state index contributed by atoms with van der Waals surface area (Å²) < 4.78 is 11.4. The molecule has 1 fully saturated rings. The molecule has 1 atom stereocenters. The molecule has 3 rings (SSSR count). The molecule has 1 unspecified atom stereocenters. The number of anilines is 1. The van der Waals surface area contributed by atoms with Crippen molar-refractivity contribution in [2.45, 2.75) is 26.5 Å². The molecule has 0 aromatic heterocycles. The van der Waals surface area contributed by atoms with Gasteiger partial charge >= 0.3 is 6.03 Å². The molecule has 1 heterocycles. The van der Waals surface area contributed by atoms with Gasteiger partial charge < -0.3 is 20.1 Å². The number of benzene rings is 2. The van der Waals surface area contributed by atoms with Crippen molar-refractivity contribution in [2.24, 2.45) is 0 Å². The van der Waals surface area contributed by atoms with E-state index in [9.17, 15) is 4.79 Å². The number of nitrogens with zero attached hydrogens (tertiary/aromatic N) is 1. The molecule has 2 amide bonds. The number of rotatable bonds is 7. The monoisotopic (exact) mass is 383 g/mol. The predicted molar refractivity (Wildman–Crippen MR) is 111 cm³/mol. The molecule has 2 N–H and O–H groups in total. The number of hydrogen-bond donors (Lipinski definition) is 2. The quantitative estimate of drug-likeness (QED) is 0.769. The molecule has 0 spiro atoms. The van der Waals surface area contributed by atoms with E-state index in [4.69, 9.17) is 9.47 Å². The number of amides is 2. The van der Waals surface area contributed by atoms with Crippen LogP contribution in [0.25, 0.3) is 0 Å². The van der Waals surface area contributed by atoms with Crippen LogP contribution in [0.3, 0.4) is 0 Å². The highest BCUT2D eigenvalue weighted by molar-refractivity contribution is 5.91. The Morgan fingerprint density at radius 3 is 2.86 bits per heavy atom. The van der Waals surface area contributed by atoms with Crippen molar-refractivity contribution < 1.29 is 14.3 Å². The minimum atomic E-state index is -0.256. The standard InChI is InChI=1S/C22H29N3O3/c1-3-27-21-13-17(2)9-10-20(21)24-22(26)23-14-19-16-25(11-12-28-19)15-18-7-5-4-6-8-18/h4-10,13,19H,3,11-12,14-16H2,1-2H3,(H2,23,24,26). The summed E-state index contributed by atoms with van der Waals surface area (Å²) in [6.07, 6.45) is -0.0207. The first-order chi connectivity index (χ1) is 13.6. The van der Waals surface area contributed by atoms with E-state index in [0.29, 0.717) is 31.2 Å². The van der Waals surface area contributed by atoms with Crippen molar-refractivity contribution >= 4 is 11.7 Å². The van der Waals surface area contributed by atoms with Gasteiger partial charge in [-0.2, -0.15) is 0 Å². The lowest BCUT2D eigenvalue weighted by atomic mass is 10.2. The maximum Gasteiger partial charge on any atom is 0.319 e. The van der Waals surface area contributed by atoms with Gasteiger partial charge in [-0.05, 0) is 37.1 Å². The van der Waals surface area contributed by atoms with Crippen LogP contribution in [-0.4, -0.2) is 49.9 Å². The summed E-state index contributed by atoms with van der Waals surface area (Å²) in [7, 11) is 0. The summed E-state index contributed by atoms with van der Waals surface area (Å²) in [4.78, 5) is 14.7. The molecule has 2 aromatic rings. The fourth-order valence-corrected chi connectivity index (χ4v) is 3.27. The van der Waals surface area contributed by atoms with E-state index in [2.05, 4.69) is 39.8 Å². The molecular weight excluding hydrogens is 354 g/mol. The van der Waals surface area contributed by atoms with Gasteiger partial charge in [0.15, 0.2) is 0 Å². The van der Waals surface area contributed by atoms with Crippen LogP contribution >= 0.6 is 0 Å². The third kappa shape index (κ3) is 5.97. The minimum absolute atomic E-state index is 0.0207. The summed E-state index contributed by atoms with van der Waals surface area (Å²) >= 11 is 0. The zero-order valence-electron chi connectivity index (χ0n) is 16.6. The molecular formula is C22H29N3O3. The first-order valence-corrected chi connectivity index (χ1v) is 9.80. The van der Waals surface area contributed by atoms with E-state index in [0.717, 1.165) is 25.2 Å². The van der Waals surface area contributed by atoms with E-state index in [1.165, 1.54) is 5.56 Å². The van der Waals surface area contributed by atoms with Gasteiger partial charge in [0.2, 0.25) is 0 Å². The minimum Gasteiger partial charge on any atom is -0.492 e. The molecule has 0 bridgehead atoms. The number of carbonyl (C=O) groups is 1. The molecule has 1 saturated heterocycles. The van der Waals surface area contributed by atoms with Crippen molar-refractivity contribution in [3.8, 4) is 5.75 Å². The zero-order chi connectivity index (χ0) is 19.8. The highest BCUT2D eigenvalue weighted by Crippen LogP contribution is 2.25. The number of ether oxygens (including phenoxy) is 2. The molecule has 1 aliphatic heterocycles. The number of morpholine rings is 1. The third-order valence-corrected chi connectivity index (χ3v) is 4.65. The van der Waals surface area contributed by atoms with Gasteiger partial charge in [-0.15, -0.1) is 0 Å². The second kappa shape index (κ2) is 10.1. The Morgan fingerprint density at radius 2 is 2.07 bits per heavy atom. The van der Waals surface area contributed by atoms with Crippen molar-refractivity contribution in [3.63, 3.8) is 0 Å². The summed E-state index contributed by atoms with van der Waals surface area (Å²) in [5, 5.41) is 5.78. The van der Waals surface area contributed by atoms with E-state index >= 15 is 0 Å². The van der Waals surface area contributed by atoms with Gasteiger partial charge in [-0.25, -0.2) is 4.79 Å². The molecule has 0 aliphatic carbocycles. The number of carbonyl (C=O) groups excluding carboxylic acids is 1. The molecule has 150 valence electrons. The van der Waals surface area contributed by atoms with Gasteiger partial charge in [0, 0.05) is 26.2 Å². The third-order valence-electron chi connectivity index (χ3n) is 4.65. The number of urea groups is 1. The zero-order valence-corrected chi connectivity index (χ0v) is 16.6. The van der Waals surface area contributed by atoms with Crippen LogP contribution in [0.1, 0.15) is 18.1 Å². The molecule has 6 nitrogen and oxygen atoms in total. The predicted octanol–water partition coefficient (Wildman–Crippen LogP) is 3.42. The molecule has 2 aromatic carbocycles. The number of nitrogens with one attached hydrogen (secondary N) is 2. The van der Waals surface area contributed by atoms with Crippen LogP contribution in [0.5, 0.6) is 5.75 Å². The van der Waals surface area contributed by atoms with Crippen molar-refractivity contribution in [2.75, 3.05) is 38.2 Å². The Labute approximate surface area is 166 Å². The van der Waals surface area contributed by atoms with Gasteiger partial charge in [-0.1, -0.05) is 36.4 Å². The fourth-order valence-electron chi connectivity index (χ4n) is 3.27. The summed E-state index contributed by atoms with van der Waals surface area (Å²) in [5.41, 5.74) is 3.04. The number of aryl methyl sites for hydroxylation is 1. The topological polar surface area (TPSA) is 62.8 Å². The van der Waals surface area contributed by atoms with E-state index in [1.807, 2.05) is 38.1 Å². The van der Waals surface area contributed by atoms with Crippen molar-refractivity contribution in [3.05, 3.63) is 59.7 Å². The van der Waals surface area contributed by atoms with Crippen LogP contribution in [0, 0.1) is 6.92 Å². The van der Waals surface area contributed by atoms with Gasteiger partial charge in [0.05, 0.1) is 25.0 Å². The lowest BCUT2D eigenvalue weighted by molar-refractivity contribution is -0.0285. The highest BCUT2D eigenvalue weighted by atomic mass is 16.5. The van der Waals surface area contributed by atoms with E-state index in [-0.39, 0.29) is 12.1 Å². The molecule has 1 aliphatic rings. The van der Waals surface area contributed by atoms with Crippen molar-refractivity contribution in [1.29, 1.82) is 0 Å². The second-order valence-corrected chi connectivity index (χ2v) is 6.98. The summed E-state index contributed by atoms with van der Waals surface area (Å²) in [6, 6.07) is 15.9. The summed E-state index contributed by atoms with van der Waals surface area (Å²) in [6.45, 7) is 8.20. The summed E-state index contributed by atoms with van der Waals surface area (Å²) in [5.74, 6) is 0.681. The van der Waals surface area contributed by atoms with Gasteiger partial charge in [-0.3, -0.25) is 4.90 Å². The lowest BCUT2D eigenvalue weighted by Gasteiger charge is -2.33. The fraction of sp³-hybridized carbons (Fsp3) is 0.409. The van der Waals surface area contributed by atoms with Gasteiger partial charge in [0.25, 0.3) is 0 Å². The molecule has 0 radical (unpaired) electrons. The van der Waals surface area contributed by atoms with Crippen LogP contribution in [0.2, 0.25) is 0 Å². The van der Waals surface area contributed by atoms with Crippen LogP contribution < -0.4 is 15.4 Å². The van der Waals surface area contributed by atoms with Crippen LogP contribution in [0.15, 0.2) is 48.5 Å².